The maximum absolute atomic E-state index is 13.1. The van der Waals surface area contributed by atoms with Crippen molar-refractivity contribution in [1.82, 2.24) is 20.5 Å². The van der Waals surface area contributed by atoms with Crippen molar-refractivity contribution >= 4 is 40.7 Å². The molecule has 6 rings (SSSR count). The fraction of sp³-hybridized carbons (Fsp3) is 0.261. The van der Waals surface area contributed by atoms with Gasteiger partial charge in [-0.05, 0) is 29.8 Å². The molecule has 2 fully saturated rings. The van der Waals surface area contributed by atoms with Crippen molar-refractivity contribution in [3.63, 3.8) is 0 Å². The highest BCUT2D eigenvalue weighted by Gasteiger charge is 2.53. The Morgan fingerprint density at radius 3 is 2.68 bits per heavy atom. The Labute approximate surface area is 192 Å². The Morgan fingerprint density at radius 2 is 2.00 bits per heavy atom. The molecule has 172 valence electrons. The van der Waals surface area contributed by atoms with Gasteiger partial charge in [0.05, 0.1) is 13.7 Å². The Morgan fingerprint density at radius 1 is 1.15 bits per heavy atom. The maximum Gasteiger partial charge on any atom is 0.322 e. The number of anilines is 1. The number of carbonyl (C=O) groups excluding carboxylic acids is 4. The van der Waals surface area contributed by atoms with Gasteiger partial charge in [0.1, 0.15) is 22.8 Å². The van der Waals surface area contributed by atoms with Crippen molar-refractivity contribution in [1.29, 1.82) is 0 Å². The van der Waals surface area contributed by atoms with E-state index in [4.69, 9.17) is 9.15 Å². The van der Waals surface area contributed by atoms with E-state index in [1.54, 1.807) is 41.3 Å². The third kappa shape index (κ3) is 2.86. The van der Waals surface area contributed by atoms with Gasteiger partial charge in [-0.1, -0.05) is 6.07 Å². The molecule has 0 spiro atoms. The van der Waals surface area contributed by atoms with E-state index in [1.165, 1.54) is 12.0 Å². The number of methoxy groups -OCH3 is 1. The van der Waals surface area contributed by atoms with E-state index in [1.807, 2.05) is 0 Å². The van der Waals surface area contributed by atoms with E-state index in [-0.39, 0.29) is 30.7 Å². The summed E-state index contributed by atoms with van der Waals surface area (Å²) in [6.45, 7) is 0.716. The molecule has 3 aromatic rings. The molecule has 3 aliphatic rings. The number of amides is 5. The number of pyridine rings is 1. The quantitative estimate of drug-likeness (QED) is 0.432. The maximum atomic E-state index is 13.1. The summed E-state index contributed by atoms with van der Waals surface area (Å²) in [7, 11) is 1.52. The van der Waals surface area contributed by atoms with Crippen LogP contribution in [0.1, 0.15) is 28.1 Å². The molecule has 3 aliphatic heterocycles. The van der Waals surface area contributed by atoms with Crippen molar-refractivity contribution in [2.75, 3.05) is 25.1 Å². The predicted octanol–water partition coefficient (Wildman–Crippen LogP) is 1.26. The number of hydrogen-bond donors (Lipinski definition) is 2. The fourth-order valence-electron chi connectivity index (χ4n) is 4.57. The highest BCUT2D eigenvalue weighted by atomic mass is 16.5. The topological polar surface area (TPSA) is 134 Å². The van der Waals surface area contributed by atoms with Gasteiger partial charge in [-0.25, -0.2) is 9.78 Å². The lowest BCUT2D eigenvalue weighted by Gasteiger charge is -2.29. The predicted molar refractivity (Wildman–Crippen MR) is 117 cm³/mol. The molecule has 0 saturated carbocycles. The van der Waals surface area contributed by atoms with Gasteiger partial charge >= 0.3 is 6.03 Å². The number of fused-ring (bicyclic) bond motifs is 2. The molecule has 34 heavy (non-hydrogen) atoms. The van der Waals surface area contributed by atoms with Crippen LogP contribution in [0.25, 0.3) is 11.1 Å². The third-order valence-electron chi connectivity index (χ3n) is 6.47. The largest absolute Gasteiger partial charge is 0.497 e. The van der Waals surface area contributed by atoms with E-state index in [9.17, 15) is 19.2 Å². The molecule has 0 bridgehead atoms. The minimum absolute atomic E-state index is 0.0155. The van der Waals surface area contributed by atoms with Crippen molar-refractivity contribution in [2.24, 2.45) is 0 Å². The molecule has 5 amide bonds. The number of urea groups is 1. The van der Waals surface area contributed by atoms with Crippen molar-refractivity contribution < 1.29 is 28.3 Å². The van der Waals surface area contributed by atoms with Gasteiger partial charge in [-0.2, -0.15) is 0 Å². The summed E-state index contributed by atoms with van der Waals surface area (Å²) in [4.78, 5) is 57.7. The Balaban J connectivity index is 1.37. The molecule has 1 atom stereocenters. The first kappa shape index (κ1) is 20.2. The Bertz CT molecular complexity index is 1410. The van der Waals surface area contributed by atoms with Crippen molar-refractivity contribution in [3.8, 4) is 5.75 Å². The zero-order valence-corrected chi connectivity index (χ0v) is 18.1. The monoisotopic (exact) mass is 461 g/mol. The van der Waals surface area contributed by atoms with Crippen molar-refractivity contribution in [2.45, 2.75) is 18.5 Å². The summed E-state index contributed by atoms with van der Waals surface area (Å²) < 4.78 is 11.2. The average Bonchev–Trinajstić information content (AvgIpc) is 3.46. The Kier molecular flexibility index (Phi) is 4.19. The van der Waals surface area contributed by atoms with E-state index in [0.717, 1.165) is 5.56 Å². The lowest BCUT2D eigenvalue weighted by atomic mass is 9.95. The van der Waals surface area contributed by atoms with Crippen LogP contribution in [0.2, 0.25) is 0 Å². The van der Waals surface area contributed by atoms with E-state index in [0.29, 0.717) is 41.2 Å². The number of furan rings is 1. The standard InChI is InChI=1S/C23H19N5O6/c1-33-13-3-2-12-10-27(20(30)14(12)8-13)11-23(21(31)25-22(32)26-23)17-9-15-16(34-17)4-5-18(24-15)28-7-6-19(28)29/h2-5,8-9H,6-7,10-11H2,1H3,(H2,25,26,31,32). The lowest BCUT2D eigenvalue weighted by Crippen LogP contribution is -2.52. The molecular weight excluding hydrogens is 442 g/mol. The molecule has 2 saturated heterocycles. The SMILES string of the molecule is COc1ccc2c(c1)C(=O)N(CC1(c3cc4nc(N5CCC5=O)ccc4o3)NC(=O)NC1=O)C2. The molecule has 11 nitrogen and oxygen atoms in total. The van der Waals surface area contributed by atoms with Gasteiger partial charge in [0.15, 0.2) is 11.1 Å². The summed E-state index contributed by atoms with van der Waals surface area (Å²) in [5.74, 6) is 0.260. The van der Waals surface area contributed by atoms with Gasteiger partial charge in [-0.3, -0.25) is 24.6 Å². The second-order valence-electron chi connectivity index (χ2n) is 8.46. The normalized spacial score (nSPS) is 21.6. The molecule has 1 aromatic carbocycles. The molecule has 11 heteroatoms. The number of β-lactam (4-membered cyclic amide) rings is 1. The van der Waals surface area contributed by atoms with Crippen LogP contribution >= 0.6 is 0 Å². The molecule has 2 N–H and O–H groups in total. The van der Waals surface area contributed by atoms with Crippen molar-refractivity contribution in [3.05, 3.63) is 53.3 Å². The molecule has 2 aromatic heterocycles. The van der Waals surface area contributed by atoms with E-state index < -0.39 is 17.5 Å². The fourth-order valence-corrected chi connectivity index (χ4v) is 4.57. The molecular formula is C23H19N5O6. The minimum atomic E-state index is -1.63. The average molecular weight is 461 g/mol. The van der Waals surface area contributed by atoms with Crippen LogP contribution in [0, 0.1) is 0 Å². The first-order valence-corrected chi connectivity index (χ1v) is 10.7. The van der Waals surface area contributed by atoms with Crippen LogP contribution in [0.15, 0.2) is 40.8 Å². The number of nitrogens with zero attached hydrogens (tertiary/aromatic N) is 3. The second-order valence-corrected chi connectivity index (χ2v) is 8.46. The Hall–Kier alpha value is -4.41. The zero-order chi connectivity index (χ0) is 23.6. The number of ether oxygens (including phenoxy) is 1. The molecule has 0 aliphatic carbocycles. The molecule has 0 radical (unpaired) electrons. The van der Waals surface area contributed by atoms with Crippen LogP contribution < -0.4 is 20.3 Å². The van der Waals surface area contributed by atoms with Gasteiger partial charge in [-0.15, -0.1) is 0 Å². The number of carbonyl (C=O) groups is 4. The van der Waals surface area contributed by atoms with E-state index >= 15 is 0 Å². The highest BCUT2D eigenvalue weighted by Crippen LogP contribution is 2.35. The van der Waals surface area contributed by atoms with Gasteiger partial charge < -0.3 is 19.4 Å². The number of hydrogen-bond acceptors (Lipinski definition) is 7. The lowest BCUT2D eigenvalue weighted by molar-refractivity contribution is -0.125. The van der Waals surface area contributed by atoms with E-state index in [2.05, 4.69) is 15.6 Å². The second kappa shape index (κ2) is 7.04. The number of rotatable bonds is 5. The number of imide groups is 1. The number of benzene rings is 1. The third-order valence-corrected chi connectivity index (χ3v) is 6.47. The zero-order valence-electron chi connectivity index (χ0n) is 18.1. The van der Waals surface area contributed by atoms with Crippen LogP contribution in [-0.4, -0.2) is 53.8 Å². The van der Waals surface area contributed by atoms with Gasteiger partial charge in [0, 0.05) is 31.1 Å². The van der Waals surface area contributed by atoms with Crippen LogP contribution in [0.3, 0.4) is 0 Å². The number of nitrogens with one attached hydrogen (secondary N) is 2. The summed E-state index contributed by atoms with van der Waals surface area (Å²) in [5, 5.41) is 4.91. The molecule has 1 unspecified atom stereocenters. The first-order valence-electron chi connectivity index (χ1n) is 10.7. The minimum Gasteiger partial charge on any atom is -0.497 e. The molecule has 5 heterocycles. The van der Waals surface area contributed by atoms with Crippen LogP contribution in [-0.2, 0) is 21.7 Å². The summed E-state index contributed by atoms with van der Waals surface area (Å²) in [6, 6.07) is 9.43. The summed E-state index contributed by atoms with van der Waals surface area (Å²) >= 11 is 0. The highest BCUT2D eigenvalue weighted by molar-refractivity contribution is 6.08. The van der Waals surface area contributed by atoms with Crippen LogP contribution in [0.5, 0.6) is 5.75 Å². The van der Waals surface area contributed by atoms with Gasteiger partial charge in [0.25, 0.3) is 11.8 Å². The smallest absolute Gasteiger partial charge is 0.322 e. The first-order chi connectivity index (χ1) is 16.4. The summed E-state index contributed by atoms with van der Waals surface area (Å²) in [6.07, 6.45) is 0.476. The van der Waals surface area contributed by atoms with Gasteiger partial charge in [0.2, 0.25) is 5.91 Å². The van der Waals surface area contributed by atoms with Crippen LogP contribution in [0.4, 0.5) is 10.6 Å². The summed E-state index contributed by atoms with van der Waals surface area (Å²) in [5.41, 5.74) is 0.462. The number of aromatic nitrogens is 1.